The van der Waals surface area contributed by atoms with Gasteiger partial charge in [-0.25, -0.2) is 0 Å². The summed E-state index contributed by atoms with van der Waals surface area (Å²) < 4.78 is 0. The molecule has 124 valence electrons. The molecule has 2 heterocycles. The Bertz CT molecular complexity index is 629. The third kappa shape index (κ3) is 3.16. The molecule has 2 amide bonds. The van der Waals surface area contributed by atoms with Crippen LogP contribution in [0.25, 0.3) is 0 Å². The summed E-state index contributed by atoms with van der Waals surface area (Å²) >= 11 is 1.53. The molecule has 0 aromatic carbocycles. The van der Waals surface area contributed by atoms with E-state index in [2.05, 4.69) is 10.6 Å². The van der Waals surface area contributed by atoms with Crippen LogP contribution < -0.4 is 10.6 Å². The van der Waals surface area contributed by atoms with Gasteiger partial charge in [-0.05, 0) is 44.2 Å². The van der Waals surface area contributed by atoms with Crippen LogP contribution in [0.2, 0.25) is 0 Å². The van der Waals surface area contributed by atoms with E-state index in [1.807, 2.05) is 18.4 Å². The molecule has 4 atom stereocenters. The molecule has 3 rings (SSSR count). The van der Waals surface area contributed by atoms with E-state index < -0.39 is 0 Å². The van der Waals surface area contributed by atoms with Crippen molar-refractivity contribution in [3.8, 4) is 0 Å². The maximum Gasteiger partial charge on any atom is 0.243 e. The number of amides is 2. The molecule has 2 fully saturated rings. The van der Waals surface area contributed by atoms with Gasteiger partial charge in [0.25, 0.3) is 0 Å². The quantitative estimate of drug-likeness (QED) is 0.682. The molecule has 6 nitrogen and oxygen atoms in total. The van der Waals surface area contributed by atoms with Gasteiger partial charge in [-0.3, -0.25) is 9.59 Å². The van der Waals surface area contributed by atoms with Crippen molar-refractivity contribution < 1.29 is 9.59 Å². The van der Waals surface area contributed by atoms with Crippen LogP contribution in [0.3, 0.4) is 0 Å². The first kappa shape index (κ1) is 16.1. The molecule has 3 unspecified atom stereocenters. The standard InChI is InChI=1S/C16H22N4O2S/c1-9(14-3-10(6-17)8-23-14)19-16(22)13-5-11-4-12(11)20(13)15(21)7-18-2/h3,6,8-9,11-13,17-18H,4-5,7H2,1-2H3,(H,19,22)/t9-,11?,12?,13?/m1/s1. The molecule has 23 heavy (non-hydrogen) atoms. The molecule has 1 saturated carbocycles. The maximum atomic E-state index is 12.6. The average molecular weight is 334 g/mol. The van der Waals surface area contributed by atoms with E-state index in [9.17, 15) is 9.59 Å². The molecule has 1 aromatic rings. The van der Waals surface area contributed by atoms with Crippen LogP contribution in [-0.4, -0.2) is 48.6 Å². The summed E-state index contributed by atoms with van der Waals surface area (Å²) in [4.78, 5) is 27.7. The van der Waals surface area contributed by atoms with E-state index in [-0.39, 0.29) is 36.5 Å². The van der Waals surface area contributed by atoms with Crippen molar-refractivity contribution in [1.82, 2.24) is 15.5 Å². The average Bonchev–Trinajstić information content (AvgIpc) is 2.99. The molecule has 3 N–H and O–H groups in total. The smallest absolute Gasteiger partial charge is 0.243 e. The minimum absolute atomic E-state index is 0.00696. The molecule has 0 radical (unpaired) electrons. The Labute approximate surface area is 139 Å². The fourth-order valence-electron chi connectivity index (χ4n) is 3.34. The normalized spacial score (nSPS) is 26.5. The molecular weight excluding hydrogens is 312 g/mol. The van der Waals surface area contributed by atoms with Crippen LogP contribution in [0.15, 0.2) is 11.4 Å². The van der Waals surface area contributed by atoms with Crippen LogP contribution in [0.4, 0.5) is 0 Å². The molecule has 0 bridgehead atoms. The van der Waals surface area contributed by atoms with Gasteiger partial charge in [0.05, 0.1) is 12.6 Å². The lowest BCUT2D eigenvalue weighted by molar-refractivity contribution is -0.139. The summed E-state index contributed by atoms with van der Waals surface area (Å²) in [6, 6.07) is 1.72. The second-order valence-corrected chi connectivity index (χ2v) is 7.25. The number of rotatable bonds is 6. The molecule has 1 saturated heterocycles. The zero-order valence-corrected chi connectivity index (χ0v) is 14.2. The van der Waals surface area contributed by atoms with E-state index in [4.69, 9.17) is 5.41 Å². The van der Waals surface area contributed by atoms with E-state index in [1.54, 1.807) is 11.9 Å². The Morgan fingerprint density at radius 3 is 2.96 bits per heavy atom. The number of piperidine rings is 1. The predicted octanol–water partition coefficient (Wildman–Crippen LogP) is 1.13. The second kappa shape index (κ2) is 6.41. The first-order valence-corrected chi connectivity index (χ1v) is 8.78. The van der Waals surface area contributed by atoms with Gasteiger partial charge in [0.15, 0.2) is 0 Å². The van der Waals surface area contributed by atoms with Gasteiger partial charge in [-0.1, -0.05) is 0 Å². The van der Waals surface area contributed by atoms with E-state index in [1.165, 1.54) is 17.6 Å². The highest BCUT2D eigenvalue weighted by atomic mass is 32.1. The number of likely N-dealkylation sites (N-methyl/N-ethyl adjacent to an activating group) is 1. The zero-order valence-electron chi connectivity index (χ0n) is 13.3. The minimum Gasteiger partial charge on any atom is -0.347 e. The van der Waals surface area contributed by atoms with Crippen molar-refractivity contribution in [2.24, 2.45) is 5.92 Å². The van der Waals surface area contributed by atoms with Crippen LogP contribution in [0, 0.1) is 11.3 Å². The Morgan fingerprint density at radius 2 is 2.30 bits per heavy atom. The van der Waals surface area contributed by atoms with Crippen LogP contribution in [-0.2, 0) is 9.59 Å². The second-order valence-electron chi connectivity index (χ2n) is 6.30. The summed E-state index contributed by atoms with van der Waals surface area (Å²) in [5.41, 5.74) is 0.846. The highest BCUT2D eigenvalue weighted by Gasteiger charge is 2.55. The fourth-order valence-corrected chi connectivity index (χ4v) is 4.22. The highest BCUT2D eigenvalue weighted by molar-refractivity contribution is 7.10. The first-order valence-electron chi connectivity index (χ1n) is 7.90. The number of nitrogens with zero attached hydrogens (tertiary/aromatic N) is 1. The Morgan fingerprint density at radius 1 is 1.52 bits per heavy atom. The maximum absolute atomic E-state index is 12.6. The van der Waals surface area contributed by atoms with Gasteiger partial charge >= 0.3 is 0 Å². The van der Waals surface area contributed by atoms with Gasteiger partial charge in [0, 0.05) is 22.7 Å². The Kier molecular flexibility index (Phi) is 4.50. The summed E-state index contributed by atoms with van der Waals surface area (Å²) in [6.45, 7) is 2.21. The zero-order chi connectivity index (χ0) is 16.6. The number of fused-ring (bicyclic) bond motifs is 1. The van der Waals surface area contributed by atoms with Crippen molar-refractivity contribution in [2.45, 2.75) is 37.9 Å². The lowest BCUT2D eigenvalue weighted by Crippen LogP contribution is -2.50. The van der Waals surface area contributed by atoms with Crippen LogP contribution in [0.5, 0.6) is 0 Å². The molecule has 0 spiro atoms. The molecule has 2 aliphatic rings. The van der Waals surface area contributed by atoms with E-state index in [0.717, 1.165) is 23.3 Å². The van der Waals surface area contributed by atoms with Crippen molar-refractivity contribution in [3.05, 3.63) is 21.9 Å². The summed E-state index contributed by atoms with van der Waals surface area (Å²) in [5, 5.41) is 15.1. The van der Waals surface area contributed by atoms with E-state index in [0.29, 0.717) is 5.92 Å². The number of likely N-dealkylation sites (tertiary alicyclic amines) is 1. The van der Waals surface area contributed by atoms with Crippen LogP contribution >= 0.6 is 11.3 Å². The lowest BCUT2D eigenvalue weighted by Gasteiger charge is -2.28. The summed E-state index contributed by atoms with van der Waals surface area (Å²) in [5.74, 6) is 0.430. The van der Waals surface area contributed by atoms with Crippen LogP contribution in [0.1, 0.15) is 36.2 Å². The highest BCUT2D eigenvalue weighted by Crippen LogP contribution is 2.47. The van der Waals surface area contributed by atoms with Crippen molar-refractivity contribution in [2.75, 3.05) is 13.6 Å². The molecular formula is C16H22N4O2S. The third-order valence-corrected chi connectivity index (χ3v) is 5.75. The SMILES string of the molecule is CNCC(=O)N1C(C(=O)N[C@H](C)c2cc(C=N)cs2)CC2CC21. The van der Waals surface area contributed by atoms with Gasteiger partial charge in [-0.15, -0.1) is 11.3 Å². The lowest BCUT2D eigenvalue weighted by atomic mass is 10.1. The largest absolute Gasteiger partial charge is 0.347 e. The number of nitrogens with one attached hydrogen (secondary N) is 3. The number of thiophene rings is 1. The number of carbonyl (C=O) groups is 2. The Hall–Kier alpha value is -1.73. The fraction of sp³-hybridized carbons (Fsp3) is 0.562. The van der Waals surface area contributed by atoms with Gasteiger partial charge < -0.3 is 20.9 Å². The third-order valence-electron chi connectivity index (χ3n) is 4.62. The number of hydrogen-bond acceptors (Lipinski definition) is 5. The van der Waals surface area contributed by atoms with Gasteiger partial charge in [0.2, 0.25) is 11.8 Å². The van der Waals surface area contributed by atoms with Crippen molar-refractivity contribution >= 4 is 29.4 Å². The minimum atomic E-state index is -0.343. The molecule has 1 aromatic heterocycles. The monoisotopic (exact) mass is 334 g/mol. The topological polar surface area (TPSA) is 85.3 Å². The molecule has 7 heteroatoms. The molecule has 1 aliphatic carbocycles. The number of hydrogen-bond donors (Lipinski definition) is 3. The van der Waals surface area contributed by atoms with Gasteiger partial charge in [-0.2, -0.15) is 0 Å². The van der Waals surface area contributed by atoms with Crippen molar-refractivity contribution in [1.29, 1.82) is 5.41 Å². The van der Waals surface area contributed by atoms with Crippen molar-refractivity contribution in [3.63, 3.8) is 0 Å². The van der Waals surface area contributed by atoms with Gasteiger partial charge in [0.1, 0.15) is 6.04 Å². The number of carbonyl (C=O) groups excluding carboxylic acids is 2. The summed E-state index contributed by atoms with van der Waals surface area (Å²) in [6.07, 6.45) is 3.11. The Balaban J connectivity index is 1.65. The predicted molar refractivity (Wildman–Crippen MR) is 89.8 cm³/mol. The molecule has 1 aliphatic heterocycles. The summed E-state index contributed by atoms with van der Waals surface area (Å²) in [7, 11) is 1.74. The van der Waals surface area contributed by atoms with E-state index >= 15 is 0 Å². The first-order chi connectivity index (χ1) is 11.0.